The van der Waals surface area contributed by atoms with E-state index < -0.39 is 0 Å². The average molecular weight is 290 g/mol. The maximum absolute atomic E-state index is 6.10. The molecule has 2 N–H and O–H groups in total. The van der Waals surface area contributed by atoms with Crippen molar-refractivity contribution in [2.24, 2.45) is 5.73 Å². The van der Waals surface area contributed by atoms with Gasteiger partial charge < -0.3 is 20.1 Å². The van der Waals surface area contributed by atoms with Gasteiger partial charge in [-0.05, 0) is 37.8 Å². The van der Waals surface area contributed by atoms with Crippen LogP contribution in [0.5, 0.6) is 5.75 Å². The molecule has 21 heavy (non-hydrogen) atoms. The number of benzene rings is 1. The molecule has 2 aliphatic heterocycles. The first-order valence-electron chi connectivity index (χ1n) is 8.17. The third kappa shape index (κ3) is 3.89. The molecule has 0 radical (unpaired) electrons. The fourth-order valence-corrected chi connectivity index (χ4v) is 3.24. The van der Waals surface area contributed by atoms with Crippen LogP contribution in [0.15, 0.2) is 24.3 Å². The van der Waals surface area contributed by atoms with Crippen LogP contribution in [0, 0.1) is 0 Å². The Morgan fingerprint density at radius 2 is 2.14 bits per heavy atom. The van der Waals surface area contributed by atoms with Gasteiger partial charge in [0.15, 0.2) is 0 Å². The molecule has 1 aromatic rings. The molecule has 2 fully saturated rings. The molecule has 3 rings (SSSR count). The Balaban J connectivity index is 1.59. The number of ether oxygens (including phenoxy) is 2. The molecule has 2 unspecified atom stereocenters. The van der Waals surface area contributed by atoms with E-state index in [9.17, 15) is 0 Å². The summed E-state index contributed by atoms with van der Waals surface area (Å²) in [6.45, 7) is 3.63. The lowest BCUT2D eigenvalue weighted by Crippen LogP contribution is -2.43. The average Bonchev–Trinajstić information content (AvgIpc) is 3.01. The predicted molar refractivity (Wildman–Crippen MR) is 85.0 cm³/mol. The summed E-state index contributed by atoms with van der Waals surface area (Å²) in [7, 11) is 0. The van der Waals surface area contributed by atoms with Gasteiger partial charge in [-0.3, -0.25) is 0 Å². The molecule has 0 aromatic heterocycles. The molecule has 0 amide bonds. The number of para-hydroxylation sites is 2. The number of hydrogen-bond donors (Lipinski definition) is 1. The highest BCUT2D eigenvalue weighted by Crippen LogP contribution is 2.30. The Morgan fingerprint density at radius 3 is 2.95 bits per heavy atom. The van der Waals surface area contributed by atoms with E-state index in [1.54, 1.807) is 0 Å². The van der Waals surface area contributed by atoms with Gasteiger partial charge in [0.25, 0.3) is 0 Å². The highest BCUT2D eigenvalue weighted by atomic mass is 16.5. The first-order valence-corrected chi connectivity index (χ1v) is 8.17. The van der Waals surface area contributed by atoms with Crippen LogP contribution in [-0.4, -0.2) is 38.4 Å². The molecule has 1 aromatic carbocycles. The van der Waals surface area contributed by atoms with Crippen LogP contribution >= 0.6 is 0 Å². The lowest BCUT2D eigenvalue weighted by Gasteiger charge is -2.33. The second-order valence-corrected chi connectivity index (χ2v) is 6.09. The topological polar surface area (TPSA) is 47.7 Å². The lowest BCUT2D eigenvalue weighted by atomic mass is 10.1. The van der Waals surface area contributed by atoms with Crippen molar-refractivity contribution in [1.82, 2.24) is 0 Å². The van der Waals surface area contributed by atoms with Gasteiger partial charge >= 0.3 is 0 Å². The van der Waals surface area contributed by atoms with Crippen molar-refractivity contribution >= 4 is 5.69 Å². The molecule has 0 aliphatic carbocycles. The summed E-state index contributed by atoms with van der Waals surface area (Å²) in [5.74, 6) is 0.976. The van der Waals surface area contributed by atoms with Gasteiger partial charge in [0, 0.05) is 32.2 Å². The van der Waals surface area contributed by atoms with Crippen molar-refractivity contribution in [3.8, 4) is 5.75 Å². The third-order valence-electron chi connectivity index (χ3n) is 4.39. The Hall–Kier alpha value is -1.26. The molecule has 0 bridgehead atoms. The van der Waals surface area contributed by atoms with Crippen LogP contribution in [0.25, 0.3) is 0 Å². The maximum atomic E-state index is 6.10. The molecule has 2 aliphatic rings. The quantitative estimate of drug-likeness (QED) is 0.905. The van der Waals surface area contributed by atoms with Crippen LogP contribution in [0.2, 0.25) is 0 Å². The number of piperidine rings is 1. The highest BCUT2D eigenvalue weighted by Gasteiger charge is 2.20. The summed E-state index contributed by atoms with van der Waals surface area (Å²) in [6.07, 6.45) is 6.01. The maximum Gasteiger partial charge on any atom is 0.142 e. The minimum Gasteiger partial charge on any atom is -0.491 e. The molecule has 4 heteroatoms. The first-order chi connectivity index (χ1) is 10.3. The Kier molecular flexibility index (Phi) is 4.99. The lowest BCUT2D eigenvalue weighted by molar-refractivity contribution is 0.0904. The van der Waals surface area contributed by atoms with Crippen LogP contribution in [0.1, 0.15) is 32.1 Å². The van der Waals surface area contributed by atoms with E-state index in [-0.39, 0.29) is 6.04 Å². The predicted octanol–water partition coefficient (Wildman–Crippen LogP) is 2.56. The second kappa shape index (κ2) is 7.14. The molecule has 2 heterocycles. The van der Waals surface area contributed by atoms with Crippen LogP contribution in [0.4, 0.5) is 5.69 Å². The van der Waals surface area contributed by atoms with Crippen molar-refractivity contribution in [2.75, 3.05) is 31.2 Å². The van der Waals surface area contributed by atoms with Gasteiger partial charge in [-0.2, -0.15) is 0 Å². The van der Waals surface area contributed by atoms with Crippen molar-refractivity contribution in [3.05, 3.63) is 24.3 Å². The normalized spacial score (nSPS) is 26.0. The molecule has 2 saturated heterocycles. The van der Waals surface area contributed by atoms with Crippen LogP contribution in [-0.2, 0) is 4.74 Å². The van der Waals surface area contributed by atoms with Crippen LogP contribution in [0.3, 0.4) is 0 Å². The first kappa shape index (κ1) is 14.7. The second-order valence-electron chi connectivity index (χ2n) is 6.09. The number of rotatable bonds is 5. The van der Waals surface area contributed by atoms with E-state index in [2.05, 4.69) is 23.1 Å². The zero-order valence-electron chi connectivity index (χ0n) is 12.7. The van der Waals surface area contributed by atoms with Gasteiger partial charge in [-0.15, -0.1) is 0 Å². The van der Waals surface area contributed by atoms with E-state index >= 15 is 0 Å². The zero-order valence-corrected chi connectivity index (χ0v) is 12.7. The summed E-state index contributed by atoms with van der Waals surface area (Å²) >= 11 is 0. The summed E-state index contributed by atoms with van der Waals surface area (Å²) in [5, 5.41) is 0. The summed E-state index contributed by atoms with van der Waals surface area (Å²) in [6, 6.07) is 8.58. The smallest absolute Gasteiger partial charge is 0.142 e. The monoisotopic (exact) mass is 290 g/mol. The minimum atomic E-state index is 0.277. The molecular formula is C17H26N2O2. The van der Waals surface area contributed by atoms with E-state index in [4.69, 9.17) is 15.2 Å². The fourth-order valence-electron chi connectivity index (χ4n) is 3.24. The summed E-state index contributed by atoms with van der Waals surface area (Å²) in [4.78, 5) is 2.36. The summed E-state index contributed by atoms with van der Waals surface area (Å²) in [5.41, 5.74) is 7.28. The standard InChI is InChI=1S/C17H26N2O2/c18-14-5-3-10-19(13-14)16-7-1-2-8-17(16)21-12-9-15-6-4-11-20-15/h1-2,7-8,14-15H,3-6,9-13,18H2. The third-order valence-corrected chi connectivity index (χ3v) is 4.39. The van der Waals surface area contributed by atoms with Crippen molar-refractivity contribution in [3.63, 3.8) is 0 Å². The van der Waals surface area contributed by atoms with E-state index in [1.807, 2.05) is 6.07 Å². The Bertz CT molecular complexity index is 446. The van der Waals surface area contributed by atoms with E-state index in [0.717, 1.165) is 51.3 Å². The van der Waals surface area contributed by atoms with E-state index in [1.165, 1.54) is 18.5 Å². The van der Waals surface area contributed by atoms with Gasteiger partial charge in [-0.25, -0.2) is 0 Å². The molecule has 4 nitrogen and oxygen atoms in total. The number of nitrogens with zero attached hydrogens (tertiary/aromatic N) is 1. The Morgan fingerprint density at radius 1 is 1.24 bits per heavy atom. The van der Waals surface area contributed by atoms with Gasteiger partial charge in [0.1, 0.15) is 5.75 Å². The molecule has 2 atom stereocenters. The van der Waals surface area contributed by atoms with E-state index in [0.29, 0.717) is 6.10 Å². The molecule has 0 saturated carbocycles. The molecular weight excluding hydrogens is 264 g/mol. The largest absolute Gasteiger partial charge is 0.491 e. The Labute approximate surface area is 127 Å². The number of nitrogens with two attached hydrogens (primary N) is 1. The van der Waals surface area contributed by atoms with Crippen molar-refractivity contribution < 1.29 is 9.47 Å². The van der Waals surface area contributed by atoms with Crippen LogP contribution < -0.4 is 15.4 Å². The zero-order chi connectivity index (χ0) is 14.5. The number of hydrogen-bond acceptors (Lipinski definition) is 4. The van der Waals surface area contributed by atoms with Crippen molar-refractivity contribution in [1.29, 1.82) is 0 Å². The molecule has 116 valence electrons. The summed E-state index contributed by atoms with van der Waals surface area (Å²) < 4.78 is 11.7. The molecule has 0 spiro atoms. The SMILES string of the molecule is NC1CCCN(c2ccccc2OCCC2CCCO2)C1. The minimum absolute atomic E-state index is 0.277. The van der Waals surface area contributed by atoms with Gasteiger partial charge in [0.2, 0.25) is 0 Å². The van der Waals surface area contributed by atoms with Crippen molar-refractivity contribution in [2.45, 2.75) is 44.2 Å². The van der Waals surface area contributed by atoms with Gasteiger partial charge in [0.05, 0.1) is 18.4 Å². The van der Waals surface area contributed by atoms with Gasteiger partial charge in [-0.1, -0.05) is 12.1 Å². The highest BCUT2D eigenvalue weighted by molar-refractivity contribution is 5.58. The fraction of sp³-hybridized carbons (Fsp3) is 0.647. The number of anilines is 1.